The average molecular weight is 786 g/mol. The molecule has 0 radical (unpaired) electrons. The van der Waals surface area contributed by atoms with Crippen LogP contribution in [0, 0.1) is 21.6 Å². The summed E-state index contributed by atoms with van der Waals surface area (Å²) in [6, 6.07) is 16.1. The maximum Gasteiger partial charge on any atom is 0.320 e. The second-order valence-corrected chi connectivity index (χ2v) is 16.0. The normalized spacial score (nSPS) is 19.1. The van der Waals surface area contributed by atoms with Crippen molar-refractivity contribution in [2.24, 2.45) is 5.41 Å². The van der Waals surface area contributed by atoms with Gasteiger partial charge in [0.05, 0.1) is 37.1 Å². The summed E-state index contributed by atoms with van der Waals surface area (Å²) in [5.74, 6) is 1.75. The summed E-state index contributed by atoms with van der Waals surface area (Å²) in [7, 11) is 0. The summed E-state index contributed by atoms with van der Waals surface area (Å²) < 4.78 is 19.6. The Morgan fingerprint density at radius 3 is 2.48 bits per heavy atom. The number of likely N-dealkylation sites (tertiary alicyclic amines) is 1. The number of aromatic nitrogens is 1. The molecule has 0 bridgehead atoms. The molecule has 3 aliphatic rings. The monoisotopic (exact) mass is 785 g/mol. The van der Waals surface area contributed by atoms with Crippen molar-refractivity contribution < 1.29 is 19.0 Å². The highest BCUT2D eigenvalue weighted by Crippen LogP contribution is 2.38. The number of benzene rings is 2. The SMILES string of the molecule is CC(C)(C)C(=N)/C=C(/NC(=O)N[C@H]1CC[C@@H](Oc2ccc(=N)n(C(=N)N3CCCCC3)c2)c2ccccc21)Nc1ccc(Cl)c(OCCCN2CCOCC2)c1. The van der Waals surface area contributed by atoms with E-state index in [1.165, 1.54) is 0 Å². The zero-order valence-corrected chi connectivity index (χ0v) is 33.5. The van der Waals surface area contributed by atoms with Crippen molar-refractivity contribution >= 4 is 35.0 Å². The topological polar surface area (TPSA) is 164 Å². The number of pyridine rings is 1. The van der Waals surface area contributed by atoms with Gasteiger partial charge in [0.1, 0.15) is 28.9 Å². The quantitative estimate of drug-likeness (QED) is 0.0639. The van der Waals surface area contributed by atoms with Crippen molar-refractivity contribution in [1.29, 1.82) is 16.2 Å². The van der Waals surface area contributed by atoms with Gasteiger partial charge in [0, 0.05) is 61.7 Å². The first-order valence-electron chi connectivity index (χ1n) is 19.7. The third-order valence-electron chi connectivity index (χ3n) is 10.4. The molecule has 3 heterocycles. The minimum absolute atomic E-state index is 0.229. The van der Waals surface area contributed by atoms with Crippen LogP contribution in [0.3, 0.4) is 0 Å². The smallest absolute Gasteiger partial charge is 0.320 e. The molecule has 6 N–H and O–H groups in total. The van der Waals surface area contributed by atoms with E-state index in [-0.39, 0.29) is 17.6 Å². The molecule has 2 fully saturated rings. The second-order valence-electron chi connectivity index (χ2n) is 15.6. The van der Waals surface area contributed by atoms with Gasteiger partial charge in [0.2, 0.25) is 5.96 Å². The summed E-state index contributed by atoms with van der Waals surface area (Å²) in [4.78, 5) is 18.1. The van der Waals surface area contributed by atoms with Gasteiger partial charge in [-0.15, -0.1) is 0 Å². The minimum Gasteiger partial charge on any atom is -0.492 e. The molecule has 2 amide bonds. The fraction of sp³-hybridized carbons (Fsp3) is 0.476. The molecule has 2 aliphatic heterocycles. The highest BCUT2D eigenvalue weighted by molar-refractivity contribution is 6.32. The van der Waals surface area contributed by atoms with Crippen LogP contribution in [0.2, 0.25) is 5.02 Å². The van der Waals surface area contributed by atoms with E-state index in [9.17, 15) is 4.79 Å². The summed E-state index contributed by atoms with van der Waals surface area (Å²) in [6.07, 6.45) is 8.47. The van der Waals surface area contributed by atoms with Crippen molar-refractivity contribution in [2.45, 2.75) is 71.4 Å². The van der Waals surface area contributed by atoms with Crippen molar-refractivity contribution in [3.63, 3.8) is 0 Å². The number of halogens is 1. The fourth-order valence-corrected chi connectivity index (χ4v) is 7.27. The van der Waals surface area contributed by atoms with E-state index in [1.807, 2.05) is 56.0 Å². The molecule has 0 spiro atoms. The van der Waals surface area contributed by atoms with E-state index < -0.39 is 11.4 Å². The van der Waals surface area contributed by atoms with E-state index >= 15 is 0 Å². The number of piperidine rings is 1. The first-order chi connectivity index (χ1) is 26.9. The highest BCUT2D eigenvalue weighted by atomic mass is 35.5. The molecule has 13 nitrogen and oxygen atoms in total. The average Bonchev–Trinajstić information content (AvgIpc) is 3.19. The fourth-order valence-electron chi connectivity index (χ4n) is 7.09. The molecule has 2 atom stereocenters. The molecule has 56 heavy (non-hydrogen) atoms. The number of nitrogens with zero attached hydrogens (tertiary/aromatic N) is 3. The number of nitrogens with one attached hydrogen (secondary N) is 6. The molecule has 0 unspecified atom stereocenters. The van der Waals surface area contributed by atoms with Crippen molar-refractivity contribution in [2.75, 3.05) is 57.9 Å². The second kappa shape index (κ2) is 18.9. The number of allylic oxidation sites excluding steroid dienone is 1. The first-order valence-corrected chi connectivity index (χ1v) is 20.1. The van der Waals surface area contributed by atoms with Gasteiger partial charge in [0.25, 0.3) is 0 Å². The third-order valence-corrected chi connectivity index (χ3v) is 10.7. The van der Waals surface area contributed by atoms with Crippen molar-refractivity contribution in [3.05, 3.63) is 94.3 Å². The number of ether oxygens (including phenoxy) is 3. The largest absolute Gasteiger partial charge is 0.492 e. The number of fused-ring (bicyclic) bond motifs is 1. The van der Waals surface area contributed by atoms with Crippen LogP contribution in [-0.4, -0.2) is 84.6 Å². The van der Waals surface area contributed by atoms with Crippen LogP contribution in [0.4, 0.5) is 10.5 Å². The number of carbonyl (C=O) groups excluding carboxylic acids is 1. The Kier molecular flexibility index (Phi) is 13.7. The molecule has 2 saturated heterocycles. The number of urea groups is 1. The molecule has 0 saturated carbocycles. The Bertz CT molecular complexity index is 1950. The van der Waals surface area contributed by atoms with E-state index in [4.69, 9.17) is 42.0 Å². The Morgan fingerprint density at radius 2 is 1.73 bits per heavy atom. The number of amides is 2. The number of rotatable bonds is 12. The van der Waals surface area contributed by atoms with Gasteiger partial charge in [-0.3, -0.25) is 25.6 Å². The molecular weight excluding hydrogens is 730 g/mol. The first kappa shape index (κ1) is 40.8. The molecule has 3 aromatic rings. The maximum absolute atomic E-state index is 13.7. The predicted octanol–water partition coefficient (Wildman–Crippen LogP) is 7.26. The Hall–Kier alpha value is -4.85. The molecule has 14 heteroatoms. The summed E-state index contributed by atoms with van der Waals surface area (Å²) in [5, 5.41) is 35.9. The van der Waals surface area contributed by atoms with Gasteiger partial charge in [-0.05, 0) is 73.9 Å². The van der Waals surface area contributed by atoms with Crippen LogP contribution < -0.4 is 30.9 Å². The molecule has 2 aromatic carbocycles. The lowest BCUT2D eigenvalue weighted by Gasteiger charge is -2.33. The molecule has 1 aromatic heterocycles. The standard InChI is InChI=1S/C42H56ClN9O4/c1-42(2,3)37(44)27-39(47-29-12-14-33(43)36(26-29)55-23-9-18-50-21-24-54-25-22-50)49-41(53)48-34-15-16-35(32-11-6-5-10-31(32)34)56-30-13-17-38(45)52(28-30)40(46)51-19-7-4-8-20-51/h5-6,10-14,17,26-28,34-35,44-47H,4,7-9,15-16,18-25H2,1-3H3,(H2,48,49,53)/b39-27+,44-37?,45-38?,46-40?/t34-,35+/m0/s1. The number of morpholine rings is 1. The van der Waals surface area contributed by atoms with Gasteiger partial charge >= 0.3 is 6.03 Å². The Morgan fingerprint density at radius 1 is 0.982 bits per heavy atom. The maximum atomic E-state index is 13.7. The molecule has 6 rings (SSSR count). The van der Waals surface area contributed by atoms with Crippen LogP contribution in [0.15, 0.2) is 72.7 Å². The zero-order chi connectivity index (χ0) is 39.7. The van der Waals surface area contributed by atoms with E-state index in [0.29, 0.717) is 59.1 Å². The summed E-state index contributed by atoms with van der Waals surface area (Å²) in [5.41, 5.74) is 2.69. The lowest BCUT2D eigenvalue weighted by Crippen LogP contribution is -2.43. The van der Waals surface area contributed by atoms with E-state index in [1.54, 1.807) is 41.1 Å². The number of anilines is 1. The third kappa shape index (κ3) is 10.9. The predicted molar refractivity (Wildman–Crippen MR) is 220 cm³/mol. The minimum atomic E-state index is -0.453. The van der Waals surface area contributed by atoms with Gasteiger partial charge in [-0.1, -0.05) is 56.6 Å². The Labute approximate surface area is 334 Å². The van der Waals surface area contributed by atoms with Gasteiger partial charge in [0.15, 0.2) is 0 Å². The van der Waals surface area contributed by atoms with Crippen LogP contribution >= 0.6 is 11.6 Å². The zero-order valence-electron chi connectivity index (χ0n) is 32.8. The lowest BCUT2D eigenvalue weighted by atomic mass is 9.85. The molecular formula is C42H56ClN9O4. The summed E-state index contributed by atoms with van der Waals surface area (Å²) in [6.45, 7) is 12.3. The van der Waals surface area contributed by atoms with E-state index in [2.05, 4.69) is 20.9 Å². The van der Waals surface area contributed by atoms with Crippen LogP contribution in [0.5, 0.6) is 11.5 Å². The molecule has 300 valence electrons. The Balaban J connectivity index is 1.11. The van der Waals surface area contributed by atoms with Crippen LogP contribution in [0.1, 0.15) is 82.6 Å². The van der Waals surface area contributed by atoms with Gasteiger partial charge < -0.3 is 35.2 Å². The van der Waals surface area contributed by atoms with Crippen molar-refractivity contribution in [3.8, 4) is 11.5 Å². The van der Waals surface area contributed by atoms with Gasteiger partial charge in [-0.25, -0.2) is 4.79 Å². The summed E-state index contributed by atoms with van der Waals surface area (Å²) >= 11 is 6.51. The van der Waals surface area contributed by atoms with Crippen LogP contribution in [0.25, 0.3) is 0 Å². The number of hydrogen-bond donors (Lipinski definition) is 6. The highest BCUT2D eigenvalue weighted by Gasteiger charge is 2.30. The number of hydrogen-bond acceptors (Lipinski definition) is 9. The van der Waals surface area contributed by atoms with Crippen LogP contribution in [-0.2, 0) is 4.74 Å². The van der Waals surface area contributed by atoms with Gasteiger partial charge in [-0.2, -0.15) is 0 Å². The number of carbonyl (C=O) groups is 1. The molecule has 1 aliphatic carbocycles. The lowest BCUT2D eigenvalue weighted by molar-refractivity contribution is 0.0358. The van der Waals surface area contributed by atoms with E-state index in [0.717, 1.165) is 82.7 Å². The van der Waals surface area contributed by atoms with Crippen molar-refractivity contribution in [1.82, 2.24) is 25.0 Å².